The highest BCUT2D eigenvalue weighted by Gasteiger charge is 2.22. The second-order valence-electron chi connectivity index (χ2n) is 9.16. The molecule has 2 aliphatic heterocycles. The number of benzene rings is 1. The number of carboxylic acid groups (broad SMARTS) is 2. The molecule has 35 heavy (non-hydrogen) atoms. The minimum Gasteiger partial charge on any atom is -0.473 e. The molecule has 0 bridgehead atoms. The second kappa shape index (κ2) is 11.5. The van der Waals surface area contributed by atoms with Crippen molar-refractivity contribution in [2.24, 2.45) is 0 Å². The van der Waals surface area contributed by atoms with Crippen molar-refractivity contribution in [3.05, 3.63) is 34.3 Å². The Morgan fingerprint density at radius 1 is 1.03 bits per heavy atom. The lowest BCUT2D eigenvalue weighted by Gasteiger charge is -2.33. The summed E-state index contributed by atoms with van der Waals surface area (Å²) in [5, 5.41) is 21.1. The van der Waals surface area contributed by atoms with Crippen molar-refractivity contribution in [2.45, 2.75) is 32.7 Å². The van der Waals surface area contributed by atoms with Crippen molar-refractivity contribution in [3.8, 4) is 11.5 Å². The molecule has 2 aliphatic rings. The summed E-state index contributed by atoms with van der Waals surface area (Å²) in [6.07, 6.45) is 0. The van der Waals surface area contributed by atoms with E-state index in [9.17, 15) is 4.79 Å². The number of carbonyl (C=O) groups is 3. The molecule has 3 heterocycles. The van der Waals surface area contributed by atoms with Gasteiger partial charge in [-0.25, -0.2) is 14.6 Å². The molecule has 190 valence electrons. The smallest absolute Gasteiger partial charge is 0.414 e. The molecule has 1 aromatic heterocycles. The van der Waals surface area contributed by atoms with E-state index in [0.29, 0.717) is 18.0 Å². The number of anilines is 1. The fourth-order valence-electron chi connectivity index (χ4n) is 3.40. The molecule has 0 spiro atoms. The first kappa shape index (κ1) is 26.4. The minimum absolute atomic E-state index is 0.00735. The summed E-state index contributed by atoms with van der Waals surface area (Å²) in [5.41, 5.74) is 1.99. The quantitative estimate of drug-likeness (QED) is 0.516. The first-order valence-corrected chi connectivity index (χ1v) is 11.9. The van der Waals surface area contributed by atoms with Crippen molar-refractivity contribution in [1.29, 1.82) is 0 Å². The number of ether oxygens (including phenoxy) is 2. The number of amides is 1. The molecule has 0 aliphatic carbocycles. The zero-order valence-electron chi connectivity index (χ0n) is 19.9. The van der Waals surface area contributed by atoms with Gasteiger partial charge < -0.3 is 25.0 Å². The molecule has 0 atom stereocenters. The maximum absolute atomic E-state index is 12.4. The van der Waals surface area contributed by atoms with Crippen LogP contribution in [0.2, 0.25) is 0 Å². The van der Waals surface area contributed by atoms with Gasteiger partial charge in [0.05, 0.1) is 18.8 Å². The van der Waals surface area contributed by atoms with Crippen LogP contribution in [0, 0.1) is 0 Å². The molecule has 11 nitrogen and oxygen atoms in total. The molecule has 0 radical (unpaired) electrons. The van der Waals surface area contributed by atoms with E-state index >= 15 is 0 Å². The fraction of sp³-hybridized carbons (Fsp3) is 0.478. The zero-order valence-corrected chi connectivity index (χ0v) is 20.8. The number of nitrogens with one attached hydrogen (secondary N) is 1. The lowest BCUT2D eigenvalue weighted by atomic mass is 9.93. The van der Waals surface area contributed by atoms with Crippen LogP contribution in [-0.4, -0.2) is 82.4 Å². The molecule has 3 N–H and O–H groups in total. The Balaban J connectivity index is 0.000000509. The third-order valence-electron chi connectivity index (χ3n) is 5.35. The maximum Gasteiger partial charge on any atom is 0.414 e. The number of fused-ring (bicyclic) bond motifs is 1. The molecule has 4 rings (SSSR count). The number of thiazole rings is 1. The van der Waals surface area contributed by atoms with Gasteiger partial charge in [0.15, 0.2) is 11.5 Å². The average molecular weight is 507 g/mol. The Kier molecular flexibility index (Phi) is 8.65. The minimum atomic E-state index is -1.82. The summed E-state index contributed by atoms with van der Waals surface area (Å²) >= 11 is 1.74. The van der Waals surface area contributed by atoms with Crippen LogP contribution in [0.3, 0.4) is 0 Å². The number of hydrogen-bond acceptors (Lipinski definition) is 9. The number of rotatable bonds is 5. The van der Waals surface area contributed by atoms with Crippen molar-refractivity contribution in [3.63, 3.8) is 0 Å². The Labute approximate surface area is 207 Å². The highest BCUT2D eigenvalue weighted by molar-refractivity contribution is 7.09. The highest BCUT2D eigenvalue weighted by atomic mass is 32.1. The predicted molar refractivity (Wildman–Crippen MR) is 129 cm³/mol. The number of carboxylic acids is 2. The lowest BCUT2D eigenvalue weighted by molar-refractivity contribution is -0.159. The first-order valence-electron chi connectivity index (χ1n) is 11.1. The largest absolute Gasteiger partial charge is 0.473 e. The van der Waals surface area contributed by atoms with E-state index in [-0.39, 0.29) is 18.1 Å². The van der Waals surface area contributed by atoms with E-state index in [0.717, 1.165) is 44.1 Å². The SMILES string of the molecule is CC(C)(C)c1csc(CN2CCN(CC(=O)Nc3ccc4c(c3)OCO4)CC2)n1.O=C(O)C(=O)O. The third kappa shape index (κ3) is 7.91. The van der Waals surface area contributed by atoms with Crippen molar-refractivity contribution in [2.75, 3.05) is 44.8 Å². The van der Waals surface area contributed by atoms with Crippen LogP contribution in [0.15, 0.2) is 23.6 Å². The number of aliphatic carboxylic acids is 2. The van der Waals surface area contributed by atoms with Crippen LogP contribution >= 0.6 is 11.3 Å². The summed E-state index contributed by atoms with van der Waals surface area (Å²) in [6, 6.07) is 5.46. The van der Waals surface area contributed by atoms with Crippen LogP contribution in [-0.2, 0) is 26.3 Å². The molecular formula is C23H30N4O7S. The average Bonchev–Trinajstić information content (AvgIpc) is 3.44. The summed E-state index contributed by atoms with van der Waals surface area (Å²) in [6.45, 7) is 11.8. The van der Waals surface area contributed by atoms with Gasteiger partial charge in [0, 0.05) is 48.7 Å². The van der Waals surface area contributed by atoms with Crippen molar-refractivity contribution < 1.29 is 34.1 Å². The van der Waals surface area contributed by atoms with Gasteiger partial charge in [-0.05, 0) is 12.1 Å². The second-order valence-corrected chi connectivity index (χ2v) is 10.1. The lowest BCUT2D eigenvalue weighted by Crippen LogP contribution is -2.48. The molecule has 1 saturated heterocycles. The summed E-state index contributed by atoms with van der Waals surface area (Å²) in [5.74, 6) is -2.26. The van der Waals surface area contributed by atoms with Gasteiger partial charge in [-0.3, -0.25) is 14.6 Å². The Bertz CT molecular complexity index is 1050. The monoisotopic (exact) mass is 506 g/mol. The number of nitrogens with zero attached hydrogens (tertiary/aromatic N) is 3. The Morgan fingerprint density at radius 2 is 1.66 bits per heavy atom. The molecular weight excluding hydrogens is 476 g/mol. The molecule has 1 fully saturated rings. The van der Waals surface area contributed by atoms with E-state index in [2.05, 4.69) is 41.3 Å². The van der Waals surface area contributed by atoms with Gasteiger partial charge in [-0.15, -0.1) is 11.3 Å². The van der Waals surface area contributed by atoms with Gasteiger partial charge in [-0.2, -0.15) is 0 Å². The predicted octanol–water partition coefficient (Wildman–Crippen LogP) is 2.08. The van der Waals surface area contributed by atoms with Gasteiger partial charge in [0.25, 0.3) is 0 Å². The maximum atomic E-state index is 12.4. The topological polar surface area (TPSA) is 142 Å². The van der Waals surface area contributed by atoms with Crippen LogP contribution < -0.4 is 14.8 Å². The molecule has 1 aromatic carbocycles. The normalized spacial score (nSPS) is 15.7. The van der Waals surface area contributed by atoms with Gasteiger partial charge in [-0.1, -0.05) is 20.8 Å². The van der Waals surface area contributed by atoms with Crippen molar-refractivity contribution >= 4 is 34.9 Å². The van der Waals surface area contributed by atoms with Gasteiger partial charge in [0.2, 0.25) is 12.7 Å². The Morgan fingerprint density at radius 3 is 2.26 bits per heavy atom. The van der Waals surface area contributed by atoms with Gasteiger partial charge >= 0.3 is 11.9 Å². The summed E-state index contributed by atoms with van der Waals surface area (Å²) in [7, 11) is 0. The molecule has 0 saturated carbocycles. The van der Waals surface area contributed by atoms with E-state index in [1.807, 2.05) is 12.1 Å². The van der Waals surface area contributed by atoms with Crippen LogP contribution in [0.25, 0.3) is 0 Å². The van der Waals surface area contributed by atoms with E-state index in [1.165, 1.54) is 5.01 Å². The van der Waals surface area contributed by atoms with Crippen LogP contribution in [0.4, 0.5) is 5.69 Å². The number of carbonyl (C=O) groups excluding carboxylic acids is 1. The highest BCUT2D eigenvalue weighted by Crippen LogP contribution is 2.34. The summed E-state index contributed by atoms with van der Waals surface area (Å²) < 4.78 is 10.7. The molecule has 2 aromatic rings. The van der Waals surface area contributed by atoms with Crippen LogP contribution in [0.1, 0.15) is 31.5 Å². The number of hydrogen-bond donors (Lipinski definition) is 3. The standard InChI is InChI=1S/C21H28N4O3S.C2H2O4/c1-21(2,3)18-13-29-20(23-18)12-25-8-6-24(7-9-25)11-19(26)22-15-4-5-16-17(10-15)28-14-27-16;3-1(4)2(5)6/h4-5,10,13H,6-9,11-12,14H2,1-3H3,(H,22,26);(H,3,4)(H,5,6). The van der Waals surface area contributed by atoms with Gasteiger partial charge in [0.1, 0.15) is 5.01 Å². The molecule has 12 heteroatoms. The van der Waals surface area contributed by atoms with E-state index < -0.39 is 11.9 Å². The van der Waals surface area contributed by atoms with E-state index in [4.69, 9.17) is 34.3 Å². The Hall–Kier alpha value is -3.22. The summed E-state index contributed by atoms with van der Waals surface area (Å²) in [4.78, 5) is 40.0. The van der Waals surface area contributed by atoms with E-state index in [1.54, 1.807) is 17.4 Å². The number of aromatic nitrogens is 1. The molecule has 1 amide bonds. The number of piperazine rings is 1. The third-order valence-corrected chi connectivity index (χ3v) is 6.18. The van der Waals surface area contributed by atoms with Crippen molar-refractivity contribution in [1.82, 2.24) is 14.8 Å². The molecule has 0 unspecified atom stereocenters. The zero-order chi connectivity index (χ0) is 25.6. The fourth-order valence-corrected chi connectivity index (χ4v) is 4.46. The first-order chi connectivity index (χ1) is 16.5. The van der Waals surface area contributed by atoms with Crippen LogP contribution in [0.5, 0.6) is 11.5 Å².